The molecule has 0 aliphatic carbocycles. The van der Waals surface area contributed by atoms with E-state index in [9.17, 15) is 4.39 Å². The third-order valence-corrected chi connectivity index (χ3v) is 4.64. The maximum atomic E-state index is 13.3. The van der Waals surface area contributed by atoms with Crippen molar-refractivity contribution in [2.75, 3.05) is 19.6 Å². The number of benzene rings is 1. The lowest BCUT2D eigenvalue weighted by Gasteiger charge is -2.34. The van der Waals surface area contributed by atoms with E-state index in [1.165, 1.54) is 25.3 Å². The van der Waals surface area contributed by atoms with Crippen LogP contribution in [0.3, 0.4) is 0 Å². The molecule has 1 aliphatic rings. The fourth-order valence-electron chi connectivity index (χ4n) is 3.08. The summed E-state index contributed by atoms with van der Waals surface area (Å²) in [5, 5.41) is 3.82. The molecule has 1 saturated heterocycles. The first-order valence-corrected chi connectivity index (χ1v) is 8.42. The SMILES string of the molecule is CCCN(CC1CCCCN1)C(C)c1ccc(F)c(Cl)c1. The van der Waals surface area contributed by atoms with E-state index in [-0.39, 0.29) is 16.9 Å². The minimum atomic E-state index is -0.344. The molecular formula is C17H26ClFN2. The van der Waals surface area contributed by atoms with Crippen LogP contribution in [0.4, 0.5) is 4.39 Å². The quantitative estimate of drug-likeness (QED) is 0.838. The Morgan fingerprint density at radius 2 is 2.24 bits per heavy atom. The predicted molar refractivity (Wildman–Crippen MR) is 87.3 cm³/mol. The molecule has 1 N–H and O–H groups in total. The highest BCUT2D eigenvalue weighted by Gasteiger charge is 2.21. The normalized spacial score (nSPS) is 20.7. The van der Waals surface area contributed by atoms with Gasteiger partial charge in [0.15, 0.2) is 0 Å². The van der Waals surface area contributed by atoms with Gasteiger partial charge < -0.3 is 5.32 Å². The summed E-state index contributed by atoms with van der Waals surface area (Å²) in [5.74, 6) is -0.344. The Hall–Kier alpha value is -0.640. The highest BCUT2D eigenvalue weighted by Crippen LogP contribution is 2.26. The molecule has 0 aromatic heterocycles. The van der Waals surface area contributed by atoms with Crippen LogP contribution < -0.4 is 5.32 Å². The standard InChI is InChI=1S/C17H26ClFN2/c1-3-10-21(12-15-6-4-5-9-20-15)13(2)14-7-8-17(19)16(18)11-14/h7-8,11,13,15,20H,3-6,9-10,12H2,1-2H3. The highest BCUT2D eigenvalue weighted by atomic mass is 35.5. The summed E-state index contributed by atoms with van der Waals surface area (Å²) in [5.41, 5.74) is 1.09. The van der Waals surface area contributed by atoms with E-state index >= 15 is 0 Å². The van der Waals surface area contributed by atoms with Gasteiger partial charge in [-0.05, 0) is 57.0 Å². The van der Waals surface area contributed by atoms with Crippen molar-refractivity contribution < 1.29 is 4.39 Å². The number of hydrogen-bond acceptors (Lipinski definition) is 2. The molecule has 118 valence electrons. The van der Waals surface area contributed by atoms with Crippen molar-refractivity contribution in [3.63, 3.8) is 0 Å². The van der Waals surface area contributed by atoms with Gasteiger partial charge in [0, 0.05) is 18.6 Å². The van der Waals surface area contributed by atoms with Gasteiger partial charge in [-0.3, -0.25) is 4.90 Å². The molecule has 0 bridgehead atoms. The minimum Gasteiger partial charge on any atom is -0.313 e. The molecule has 4 heteroatoms. The van der Waals surface area contributed by atoms with Crippen molar-refractivity contribution in [1.29, 1.82) is 0 Å². The smallest absolute Gasteiger partial charge is 0.141 e. The monoisotopic (exact) mass is 312 g/mol. The molecule has 0 saturated carbocycles. The largest absolute Gasteiger partial charge is 0.313 e. The number of piperidine rings is 1. The lowest BCUT2D eigenvalue weighted by molar-refractivity contribution is 0.176. The maximum absolute atomic E-state index is 13.3. The van der Waals surface area contributed by atoms with Crippen molar-refractivity contribution in [1.82, 2.24) is 10.2 Å². The summed E-state index contributed by atoms with van der Waals surface area (Å²) < 4.78 is 13.3. The highest BCUT2D eigenvalue weighted by molar-refractivity contribution is 6.30. The zero-order valence-corrected chi connectivity index (χ0v) is 13.8. The van der Waals surface area contributed by atoms with Crippen LogP contribution >= 0.6 is 11.6 Å². The molecular weight excluding hydrogens is 287 g/mol. The van der Waals surface area contributed by atoms with Gasteiger partial charge in [-0.1, -0.05) is 31.0 Å². The summed E-state index contributed by atoms with van der Waals surface area (Å²) >= 11 is 5.93. The van der Waals surface area contributed by atoms with Gasteiger partial charge in [-0.15, -0.1) is 0 Å². The summed E-state index contributed by atoms with van der Waals surface area (Å²) in [6, 6.07) is 5.91. The Balaban J connectivity index is 2.06. The first-order valence-electron chi connectivity index (χ1n) is 8.04. The zero-order chi connectivity index (χ0) is 15.2. The van der Waals surface area contributed by atoms with E-state index in [1.807, 2.05) is 6.07 Å². The van der Waals surface area contributed by atoms with Gasteiger partial charge in [-0.25, -0.2) is 4.39 Å². The predicted octanol–water partition coefficient (Wildman–Crippen LogP) is 4.39. The zero-order valence-electron chi connectivity index (χ0n) is 13.0. The van der Waals surface area contributed by atoms with Crippen LogP contribution in [0.1, 0.15) is 51.1 Å². The summed E-state index contributed by atoms with van der Waals surface area (Å²) in [4.78, 5) is 2.48. The third-order valence-electron chi connectivity index (χ3n) is 4.35. The van der Waals surface area contributed by atoms with E-state index in [1.54, 1.807) is 6.07 Å². The molecule has 2 nitrogen and oxygen atoms in total. The van der Waals surface area contributed by atoms with Crippen LogP contribution in [0.15, 0.2) is 18.2 Å². The summed E-state index contributed by atoms with van der Waals surface area (Å²) in [6.45, 7) is 7.60. The minimum absolute atomic E-state index is 0.214. The van der Waals surface area contributed by atoms with Crippen molar-refractivity contribution in [2.45, 2.75) is 51.6 Å². The molecule has 1 heterocycles. The second-order valence-corrected chi connectivity index (χ2v) is 6.40. The lowest BCUT2D eigenvalue weighted by Crippen LogP contribution is -2.44. The van der Waals surface area contributed by atoms with E-state index < -0.39 is 0 Å². The van der Waals surface area contributed by atoms with Crippen LogP contribution in [0.2, 0.25) is 5.02 Å². The van der Waals surface area contributed by atoms with Crippen LogP contribution in [0.25, 0.3) is 0 Å². The van der Waals surface area contributed by atoms with Gasteiger partial charge in [-0.2, -0.15) is 0 Å². The van der Waals surface area contributed by atoms with E-state index in [0.717, 1.165) is 31.6 Å². The molecule has 0 radical (unpaired) electrons. The molecule has 2 atom stereocenters. The molecule has 2 unspecified atom stereocenters. The molecule has 21 heavy (non-hydrogen) atoms. The molecule has 0 spiro atoms. The average Bonchev–Trinajstić information content (AvgIpc) is 2.50. The molecule has 1 fully saturated rings. The Labute approximate surface area is 132 Å². The second kappa shape index (κ2) is 8.11. The molecule has 0 amide bonds. The molecule has 1 aliphatic heterocycles. The first-order chi connectivity index (χ1) is 10.1. The Morgan fingerprint density at radius 1 is 1.43 bits per heavy atom. The number of rotatable bonds is 6. The van der Waals surface area contributed by atoms with Crippen LogP contribution in [0, 0.1) is 5.82 Å². The summed E-state index contributed by atoms with van der Waals surface area (Å²) in [6.07, 6.45) is 4.96. The Bertz CT molecular complexity index is 446. The van der Waals surface area contributed by atoms with Gasteiger partial charge in [0.25, 0.3) is 0 Å². The van der Waals surface area contributed by atoms with Crippen LogP contribution in [-0.2, 0) is 0 Å². The lowest BCUT2D eigenvalue weighted by atomic mass is 10.0. The van der Waals surface area contributed by atoms with Crippen molar-refractivity contribution in [3.05, 3.63) is 34.6 Å². The Morgan fingerprint density at radius 3 is 2.86 bits per heavy atom. The van der Waals surface area contributed by atoms with Crippen LogP contribution in [0.5, 0.6) is 0 Å². The van der Waals surface area contributed by atoms with Gasteiger partial charge in [0.2, 0.25) is 0 Å². The van der Waals surface area contributed by atoms with Gasteiger partial charge >= 0.3 is 0 Å². The molecule has 1 aromatic rings. The first kappa shape index (κ1) is 16.7. The molecule has 1 aromatic carbocycles. The van der Waals surface area contributed by atoms with Gasteiger partial charge in [0.05, 0.1) is 5.02 Å². The van der Waals surface area contributed by atoms with E-state index in [0.29, 0.717) is 6.04 Å². The van der Waals surface area contributed by atoms with Crippen molar-refractivity contribution in [2.24, 2.45) is 0 Å². The van der Waals surface area contributed by atoms with Crippen LogP contribution in [-0.4, -0.2) is 30.6 Å². The van der Waals surface area contributed by atoms with E-state index in [4.69, 9.17) is 11.6 Å². The second-order valence-electron chi connectivity index (χ2n) is 5.99. The number of nitrogens with zero attached hydrogens (tertiary/aromatic N) is 1. The van der Waals surface area contributed by atoms with Crippen molar-refractivity contribution >= 4 is 11.6 Å². The molecule has 2 rings (SSSR count). The maximum Gasteiger partial charge on any atom is 0.141 e. The van der Waals surface area contributed by atoms with Crippen molar-refractivity contribution in [3.8, 4) is 0 Å². The number of hydrogen-bond donors (Lipinski definition) is 1. The topological polar surface area (TPSA) is 15.3 Å². The number of nitrogens with one attached hydrogen (secondary N) is 1. The Kier molecular flexibility index (Phi) is 6.46. The fourth-order valence-corrected chi connectivity index (χ4v) is 3.27. The van der Waals surface area contributed by atoms with E-state index in [2.05, 4.69) is 24.1 Å². The average molecular weight is 313 g/mol. The fraction of sp³-hybridized carbons (Fsp3) is 0.647. The summed E-state index contributed by atoms with van der Waals surface area (Å²) in [7, 11) is 0. The third kappa shape index (κ3) is 4.67. The number of halogens is 2. The van der Waals surface area contributed by atoms with Gasteiger partial charge in [0.1, 0.15) is 5.82 Å².